The van der Waals surface area contributed by atoms with Crippen LogP contribution in [0.25, 0.3) is 11.3 Å². The van der Waals surface area contributed by atoms with Crippen LogP contribution in [0, 0.1) is 23.5 Å². The summed E-state index contributed by atoms with van der Waals surface area (Å²) >= 11 is 0. The van der Waals surface area contributed by atoms with Crippen LogP contribution in [0.4, 0.5) is 8.78 Å². The van der Waals surface area contributed by atoms with Crippen molar-refractivity contribution in [1.82, 2.24) is 30.7 Å². The first-order valence-electron chi connectivity index (χ1n) is 12.4. The molecule has 2 amide bonds. The number of hydrogen-bond acceptors (Lipinski definition) is 7. The van der Waals surface area contributed by atoms with Crippen LogP contribution in [0.5, 0.6) is 0 Å². The van der Waals surface area contributed by atoms with Gasteiger partial charge in [0.1, 0.15) is 17.5 Å². The van der Waals surface area contributed by atoms with Crippen molar-refractivity contribution in [2.75, 3.05) is 19.6 Å². The van der Waals surface area contributed by atoms with Gasteiger partial charge in [-0.1, -0.05) is 5.16 Å². The van der Waals surface area contributed by atoms with E-state index in [0.29, 0.717) is 24.7 Å². The second-order valence-corrected chi connectivity index (χ2v) is 9.72. The quantitative estimate of drug-likeness (QED) is 0.479. The van der Waals surface area contributed by atoms with E-state index in [4.69, 9.17) is 4.52 Å². The SMILES string of the molecule is CC(NC(=O)[C@H]1CN(CC2CC2)CC[C@@H]1NC(=O)c1cc(-c2ccc(F)cc2F)on1)c1ncccn1. The summed E-state index contributed by atoms with van der Waals surface area (Å²) in [4.78, 5) is 37.1. The molecule has 2 N–H and O–H groups in total. The number of amides is 2. The summed E-state index contributed by atoms with van der Waals surface area (Å²) in [7, 11) is 0. The molecule has 2 aromatic heterocycles. The van der Waals surface area contributed by atoms with Crippen LogP contribution in [-0.4, -0.2) is 57.5 Å². The van der Waals surface area contributed by atoms with Crippen molar-refractivity contribution in [3.63, 3.8) is 0 Å². The number of aromatic nitrogens is 3. The number of halogens is 2. The van der Waals surface area contributed by atoms with Crippen LogP contribution >= 0.6 is 0 Å². The van der Waals surface area contributed by atoms with Gasteiger partial charge in [0.25, 0.3) is 5.91 Å². The lowest BCUT2D eigenvalue weighted by molar-refractivity contribution is -0.128. The van der Waals surface area contributed by atoms with E-state index in [9.17, 15) is 18.4 Å². The highest BCUT2D eigenvalue weighted by atomic mass is 19.1. The molecule has 5 rings (SSSR count). The van der Waals surface area contributed by atoms with Gasteiger partial charge in [0.2, 0.25) is 5.91 Å². The lowest BCUT2D eigenvalue weighted by atomic mass is 9.90. The molecule has 1 unspecified atom stereocenters. The zero-order valence-corrected chi connectivity index (χ0v) is 20.4. The number of rotatable bonds is 8. The maximum Gasteiger partial charge on any atom is 0.273 e. The van der Waals surface area contributed by atoms with Crippen LogP contribution in [0.2, 0.25) is 0 Å². The number of likely N-dealkylation sites (tertiary alicyclic amines) is 1. The molecule has 3 heterocycles. The van der Waals surface area contributed by atoms with E-state index in [1.54, 1.807) is 18.5 Å². The van der Waals surface area contributed by atoms with E-state index in [1.807, 2.05) is 6.92 Å². The molecule has 0 bridgehead atoms. The van der Waals surface area contributed by atoms with E-state index in [0.717, 1.165) is 25.2 Å². The number of hydrogen-bond donors (Lipinski definition) is 2. The molecule has 3 atom stereocenters. The minimum Gasteiger partial charge on any atom is -0.355 e. The Morgan fingerprint density at radius 2 is 1.95 bits per heavy atom. The fourth-order valence-electron chi connectivity index (χ4n) is 4.65. The summed E-state index contributed by atoms with van der Waals surface area (Å²) in [5.41, 5.74) is -0.0555. The zero-order valence-electron chi connectivity index (χ0n) is 20.4. The van der Waals surface area contributed by atoms with E-state index in [-0.39, 0.29) is 22.9 Å². The summed E-state index contributed by atoms with van der Waals surface area (Å²) in [6, 6.07) is 5.24. The van der Waals surface area contributed by atoms with Gasteiger partial charge in [0, 0.05) is 50.2 Å². The zero-order chi connectivity index (χ0) is 25.9. The highest BCUT2D eigenvalue weighted by molar-refractivity contribution is 5.94. The van der Waals surface area contributed by atoms with Crippen molar-refractivity contribution in [2.45, 2.75) is 38.3 Å². The molecule has 3 aromatic rings. The van der Waals surface area contributed by atoms with Crippen molar-refractivity contribution in [2.24, 2.45) is 11.8 Å². The molecular weight excluding hydrogens is 482 g/mol. The largest absolute Gasteiger partial charge is 0.355 e. The molecule has 0 radical (unpaired) electrons. The van der Waals surface area contributed by atoms with Gasteiger partial charge in [0.15, 0.2) is 11.5 Å². The fraction of sp³-hybridized carbons (Fsp3) is 0.423. The van der Waals surface area contributed by atoms with Gasteiger partial charge in [-0.2, -0.15) is 0 Å². The molecule has 37 heavy (non-hydrogen) atoms. The first kappa shape index (κ1) is 24.9. The Morgan fingerprint density at radius 3 is 2.68 bits per heavy atom. The molecule has 194 valence electrons. The molecule has 11 heteroatoms. The van der Waals surface area contributed by atoms with Gasteiger partial charge >= 0.3 is 0 Å². The lowest BCUT2D eigenvalue weighted by Gasteiger charge is -2.38. The van der Waals surface area contributed by atoms with Gasteiger partial charge in [-0.3, -0.25) is 9.59 Å². The number of nitrogens with zero attached hydrogens (tertiary/aromatic N) is 4. The van der Waals surface area contributed by atoms with Crippen molar-refractivity contribution in [3.05, 3.63) is 65.9 Å². The third-order valence-electron chi connectivity index (χ3n) is 6.83. The Labute approximate surface area is 212 Å². The first-order chi connectivity index (χ1) is 17.9. The Balaban J connectivity index is 1.29. The molecular formula is C26H28F2N6O3. The third kappa shape index (κ3) is 5.99. The van der Waals surface area contributed by atoms with Gasteiger partial charge in [-0.25, -0.2) is 18.7 Å². The van der Waals surface area contributed by atoms with Crippen molar-refractivity contribution < 1.29 is 22.9 Å². The summed E-state index contributed by atoms with van der Waals surface area (Å²) in [6.07, 6.45) is 6.24. The van der Waals surface area contributed by atoms with E-state index < -0.39 is 35.5 Å². The molecule has 1 aromatic carbocycles. The predicted molar refractivity (Wildman–Crippen MR) is 129 cm³/mol. The summed E-state index contributed by atoms with van der Waals surface area (Å²) in [5, 5.41) is 9.68. The molecule has 1 aliphatic heterocycles. The topological polar surface area (TPSA) is 113 Å². The van der Waals surface area contributed by atoms with Gasteiger partial charge in [-0.15, -0.1) is 0 Å². The molecule has 1 aliphatic carbocycles. The van der Waals surface area contributed by atoms with Gasteiger partial charge in [-0.05, 0) is 50.3 Å². The molecule has 2 aliphatic rings. The average molecular weight is 511 g/mol. The highest BCUT2D eigenvalue weighted by Crippen LogP contribution is 2.31. The predicted octanol–water partition coefficient (Wildman–Crippen LogP) is 3.12. The number of benzene rings is 1. The van der Waals surface area contributed by atoms with Crippen LogP contribution in [0.3, 0.4) is 0 Å². The summed E-state index contributed by atoms with van der Waals surface area (Å²) in [5.74, 6) is -1.58. The Bertz CT molecular complexity index is 1270. The van der Waals surface area contributed by atoms with Crippen molar-refractivity contribution in [3.8, 4) is 11.3 Å². The van der Waals surface area contributed by atoms with E-state index in [2.05, 4.69) is 30.7 Å². The molecule has 1 saturated carbocycles. The molecule has 1 saturated heterocycles. The lowest BCUT2D eigenvalue weighted by Crippen LogP contribution is -2.56. The minimum absolute atomic E-state index is 0.00398. The van der Waals surface area contributed by atoms with E-state index in [1.165, 1.54) is 25.0 Å². The fourth-order valence-corrected chi connectivity index (χ4v) is 4.65. The van der Waals surface area contributed by atoms with Gasteiger partial charge in [0.05, 0.1) is 17.5 Å². The maximum atomic E-state index is 14.1. The first-order valence-corrected chi connectivity index (χ1v) is 12.4. The number of piperidine rings is 1. The molecule has 2 fully saturated rings. The second-order valence-electron chi connectivity index (χ2n) is 9.72. The second kappa shape index (κ2) is 10.7. The van der Waals surface area contributed by atoms with Crippen LogP contribution in [0.15, 0.2) is 47.2 Å². The number of carbonyl (C=O) groups excluding carboxylic acids is 2. The van der Waals surface area contributed by atoms with Crippen LogP contribution in [-0.2, 0) is 4.79 Å². The van der Waals surface area contributed by atoms with E-state index >= 15 is 0 Å². The summed E-state index contributed by atoms with van der Waals surface area (Å²) < 4.78 is 32.5. The Morgan fingerprint density at radius 1 is 1.16 bits per heavy atom. The number of carbonyl (C=O) groups is 2. The number of nitrogens with one attached hydrogen (secondary N) is 2. The molecule has 0 spiro atoms. The monoisotopic (exact) mass is 510 g/mol. The smallest absolute Gasteiger partial charge is 0.273 e. The third-order valence-corrected chi connectivity index (χ3v) is 6.83. The Kier molecular flexibility index (Phi) is 7.22. The maximum absolute atomic E-state index is 14.1. The summed E-state index contributed by atoms with van der Waals surface area (Å²) in [6.45, 7) is 4.03. The van der Waals surface area contributed by atoms with Crippen molar-refractivity contribution >= 4 is 11.8 Å². The van der Waals surface area contributed by atoms with Crippen LogP contribution in [0.1, 0.15) is 48.5 Å². The van der Waals surface area contributed by atoms with Crippen LogP contribution < -0.4 is 10.6 Å². The Hall–Kier alpha value is -3.73. The molecule has 9 nitrogen and oxygen atoms in total. The van der Waals surface area contributed by atoms with Gasteiger partial charge < -0.3 is 20.1 Å². The minimum atomic E-state index is -0.820. The van der Waals surface area contributed by atoms with Crippen molar-refractivity contribution in [1.29, 1.82) is 0 Å². The normalized spacial score (nSPS) is 20.8. The standard InChI is InChI=1S/C26H28F2N6O3/c1-15(24-29-8-2-9-30-24)31-25(35)19-14-34(13-16-3-4-16)10-7-21(19)32-26(36)22-12-23(37-33-22)18-6-5-17(27)11-20(18)28/h2,5-6,8-9,11-12,15-16,19,21H,3-4,7,10,13-14H2,1H3,(H,31,35)(H,32,36)/t15?,19-,21-/m0/s1. The average Bonchev–Trinajstić information content (AvgIpc) is 3.57. The highest BCUT2D eigenvalue weighted by Gasteiger charge is 2.38.